The predicted octanol–water partition coefficient (Wildman–Crippen LogP) is 0.303. The van der Waals surface area contributed by atoms with Crippen LogP contribution in [-0.2, 0) is 17.8 Å². The number of aliphatic hydroxyl groups excluding tert-OH is 1. The lowest BCUT2D eigenvalue weighted by atomic mass is 10.1. The predicted molar refractivity (Wildman–Crippen MR) is 110 cm³/mol. The lowest BCUT2D eigenvalue weighted by molar-refractivity contribution is -0.0206. The highest BCUT2D eigenvalue weighted by atomic mass is 16.5. The van der Waals surface area contributed by atoms with Crippen LogP contribution in [0.3, 0.4) is 0 Å². The quantitative estimate of drug-likeness (QED) is 0.548. The number of rotatable bonds is 8. The Morgan fingerprint density at radius 2 is 2.03 bits per heavy atom. The number of hydrogen-bond donors (Lipinski definition) is 3. The first-order valence-electron chi connectivity index (χ1n) is 9.82. The molecule has 166 valence electrons. The van der Waals surface area contributed by atoms with Crippen LogP contribution in [0.1, 0.15) is 33.3 Å². The third kappa shape index (κ3) is 4.54. The van der Waals surface area contributed by atoms with Gasteiger partial charge in [-0.25, -0.2) is 0 Å². The van der Waals surface area contributed by atoms with E-state index in [-0.39, 0.29) is 37.5 Å². The fourth-order valence-corrected chi connectivity index (χ4v) is 3.38. The maximum atomic E-state index is 12.7. The van der Waals surface area contributed by atoms with Crippen LogP contribution in [0.15, 0.2) is 35.3 Å². The second kappa shape index (κ2) is 9.63. The molecule has 10 heteroatoms. The summed E-state index contributed by atoms with van der Waals surface area (Å²) in [6.45, 7) is 2.57. The van der Waals surface area contributed by atoms with Gasteiger partial charge in [-0.1, -0.05) is 18.2 Å². The van der Waals surface area contributed by atoms with Crippen molar-refractivity contribution in [1.29, 1.82) is 0 Å². The van der Waals surface area contributed by atoms with E-state index in [2.05, 4.69) is 5.32 Å². The zero-order valence-corrected chi connectivity index (χ0v) is 17.3. The third-order valence-electron chi connectivity index (χ3n) is 4.93. The first-order valence-corrected chi connectivity index (χ1v) is 9.82. The van der Waals surface area contributed by atoms with Gasteiger partial charge in [-0.15, -0.1) is 0 Å². The molecule has 0 spiro atoms. The highest BCUT2D eigenvalue weighted by molar-refractivity contribution is 5.99. The number of carbonyl (C=O) groups is 2. The molecule has 2 amide bonds. The van der Waals surface area contributed by atoms with Gasteiger partial charge in [0.25, 0.3) is 11.8 Å². The molecule has 31 heavy (non-hydrogen) atoms. The van der Waals surface area contributed by atoms with Crippen LogP contribution < -0.4 is 15.5 Å². The van der Waals surface area contributed by atoms with Gasteiger partial charge in [0.05, 0.1) is 19.8 Å². The van der Waals surface area contributed by atoms with Gasteiger partial charge >= 0.3 is 0 Å². The molecule has 0 saturated heterocycles. The standard InChI is InChI=1S/C21H25N3O7/c1-3-31-15-7-5-4-6-13(15)10-22-20(28)14-11-23-12-16(25)24(8-9-30-2)21(29)17(23)19(27)18(14)26/h4-7,11,16,25,27H,3,8-10,12H2,1-2H3,(H,22,28). The van der Waals surface area contributed by atoms with E-state index in [1.807, 2.05) is 13.0 Å². The molecule has 0 radical (unpaired) electrons. The van der Waals surface area contributed by atoms with Gasteiger partial charge in [0.1, 0.15) is 17.5 Å². The molecule has 1 aromatic heterocycles. The molecule has 2 heterocycles. The van der Waals surface area contributed by atoms with Gasteiger partial charge in [0.2, 0.25) is 5.43 Å². The van der Waals surface area contributed by atoms with Gasteiger partial charge in [-0.05, 0) is 13.0 Å². The zero-order chi connectivity index (χ0) is 22.5. The maximum absolute atomic E-state index is 12.7. The van der Waals surface area contributed by atoms with Crippen LogP contribution in [-0.4, -0.2) is 64.6 Å². The van der Waals surface area contributed by atoms with Gasteiger partial charge in [0, 0.05) is 32.0 Å². The Hall–Kier alpha value is -3.37. The Kier molecular flexibility index (Phi) is 6.93. The van der Waals surface area contributed by atoms with Crippen molar-refractivity contribution in [3.8, 4) is 11.5 Å². The summed E-state index contributed by atoms with van der Waals surface area (Å²) in [6, 6.07) is 7.16. The molecule has 2 aromatic rings. The number of amides is 2. The zero-order valence-electron chi connectivity index (χ0n) is 17.3. The maximum Gasteiger partial charge on any atom is 0.276 e. The largest absolute Gasteiger partial charge is 0.503 e. The number of pyridine rings is 1. The van der Waals surface area contributed by atoms with Gasteiger partial charge in [-0.3, -0.25) is 14.4 Å². The van der Waals surface area contributed by atoms with E-state index in [9.17, 15) is 24.6 Å². The molecule has 0 aliphatic carbocycles. The Morgan fingerprint density at radius 1 is 1.29 bits per heavy atom. The van der Waals surface area contributed by atoms with Crippen molar-refractivity contribution in [3.05, 3.63) is 57.5 Å². The SMILES string of the molecule is CCOc1ccccc1CNC(=O)c1cn2c(c(O)c1=O)C(=O)N(CCOC)C(O)C2. The minimum Gasteiger partial charge on any atom is -0.503 e. The van der Waals surface area contributed by atoms with Gasteiger partial charge in [0.15, 0.2) is 11.4 Å². The molecule has 0 fully saturated rings. The molecular weight excluding hydrogens is 406 g/mol. The van der Waals surface area contributed by atoms with Crippen LogP contribution in [0.25, 0.3) is 0 Å². The molecule has 0 bridgehead atoms. The minimum atomic E-state index is -1.19. The number of ether oxygens (including phenoxy) is 2. The van der Waals surface area contributed by atoms with Crippen LogP contribution in [0, 0.1) is 0 Å². The van der Waals surface area contributed by atoms with Crippen LogP contribution >= 0.6 is 0 Å². The summed E-state index contributed by atoms with van der Waals surface area (Å²) in [7, 11) is 1.45. The van der Waals surface area contributed by atoms with E-state index in [1.54, 1.807) is 18.2 Å². The number of para-hydroxylation sites is 1. The number of aromatic hydroxyl groups is 1. The number of carbonyl (C=O) groups excluding carboxylic acids is 2. The highest BCUT2D eigenvalue weighted by Gasteiger charge is 2.35. The molecule has 3 N–H and O–H groups in total. The first-order chi connectivity index (χ1) is 14.9. The Labute approximate surface area is 178 Å². The lowest BCUT2D eigenvalue weighted by Crippen LogP contribution is -2.50. The Balaban J connectivity index is 1.85. The van der Waals surface area contributed by atoms with Gasteiger partial charge < -0.3 is 34.5 Å². The molecule has 1 aliphatic rings. The molecule has 1 unspecified atom stereocenters. The van der Waals surface area contributed by atoms with Gasteiger partial charge in [-0.2, -0.15) is 0 Å². The summed E-state index contributed by atoms with van der Waals surface area (Å²) in [5, 5.41) is 23.3. The number of benzene rings is 1. The van der Waals surface area contributed by atoms with E-state index < -0.39 is 29.2 Å². The second-order valence-corrected chi connectivity index (χ2v) is 6.92. The van der Waals surface area contributed by atoms with Crippen molar-refractivity contribution in [2.75, 3.05) is 26.9 Å². The highest BCUT2D eigenvalue weighted by Crippen LogP contribution is 2.23. The number of methoxy groups -OCH3 is 1. The normalized spacial score (nSPS) is 15.5. The lowest BCUT2D eigenvalue weighted by Gasteiger charge is -2.34. The molecule has 3 rings (SSSR count). The average molecular weight is 431 g/mol. The Bertz CT molecular complexity index is 1030. The first kappa shape index (κ1) is 22.3. The van der Waals surface area contributed by atoms with Crippen molar-refractivity contribution in [2.24, 2.45) is 0 Å². The number of nitrogens with zero attached hydrogens (tertiary/aromatic N) is 2. The molecule has 1 aliphatic heterocycles. The summed E-state index contributed by atoms with van der Waals surface area (Å²) < 4.78 is 11.7. The summed E-state index contributed by atoms with van der Waals surface area (Å²) in [5.41, 5.74) is -0.845. The second-order valence-electron chi connectivity index (χ2n) is 6.92. The summed E-state index contributed by atoms with van der Waals surface area (Å²) in [5.74, 6) is -1.66. The minimum absolute atomic E-state index is 0.0889. The summed E-state index contributed by atoms with van der Waals surface area (Å²) in [6.07, 6.45) is -0.0123. The van der Waals surface area contributed by atoms with Crippen molar-refractivity contribution < 1.29 is 29.3 Å². The number of nitrogens with one attached hydrogen (secondary N) is 1. The van der Waals surface area contributed by atoms with E-state index in [0.717, 1.165) is 10.5 Å². The number of aliphatic hydroxyl groups is 1. The molecule has 1 aromatic carbocycles. The van der Waals surface area contributed by atoms with Crippen LogP contribution in [0.4, 0.5) is 0 Å². The number of hydrogen-bond acceptors (Lipinski definition) is 7. The monoisotopic (exact) mass is 431 g/mol. The summed E-state index contributed by atoms with van der Waals surface area (Å²) >= 11 is 0. The van der Waals surface area contributed by atoms with E-state index in [1.165, 1.54) is 17.9 Å². The molecule has 1 atom stereocenters. The van der Waals surface area contributed by atoms with Crippen LogP contribution in [0.2, 0.25) is 0 Å². The molecule has 0 saturated carbocycles. The van der Waals surface area contributed by atoms with E-state index in [0.29, 0.717) is 12.4 Å². The number of aromatic nitrogens is 1. The number of fused-ring (bicyclic) bond motifs is 1. The van der Waals surface area contributed by atoms with E-state index >= 15 is 0 Å². The fraction of sp³-hybridized carbons (Fsp3) is 0.381. The average Bonchev–Trinajstić information content (AvgIpc) is 2.75. The van der Waals surface area contributed by atoms with E-state index in [4.69, 9.17) is 9.47 Å². The Morgan fingerprint density at radius 3 is 2.74 bits per heavy atom. The van der Waals surface area contributed by atoms with Crippen LogP contribution in [0.5, 0.6) is 11.5 Å². The van der Waals surface area contributed by atoms with Crippen molar-refractivity contribution in [3.63, 3.8) is 0 Å². The van der Waals surface area contributed by atoms with Crippen molar-refractivity contribution in [1.82, 2.24) is 14.8 Å². The molecular formula is C21H25N3O7. The summed E-state index contributed by atoms with van der Waals surface area (Å²) in [4.78, 5) is 39.0. The topological polar surface area (TPSA) is 130 Å². The smallest absolute Gasteiger partial charge is 0.276 e. The van der Waals surface area contributed by atoms with Crippen molar-refractivity contribution in [2.45, 2.75) is 26.2 Å². The third-order valence-corrected chi connectivity index (χ3v) is 4.93. The van der Waals surface area contributed by atoms with Crippen molar-refractivity contribution >= 4 is 11.8 Å². The fourth-order valence-electron chi connectivity index (χ4n) is 3.38. The molecule has 10 nitrogen and oxygen atoms in total.